The molecule has 23 heavy (non-hydrogen) atoms. The molecule has 9 nitrogen and oxygen atoms in total. The molecule has 128 valence electrons. The minimum absolute atomic E-state index is 0.0881. The average molecular weight is 342 g/mol. The van der Waals surface area contributed by atoms with Crippen molar-refractivity contribution in [2.24, 2.45) is 0 Å². The fraction of sp³-hybridized carbons (Fsp3) is 0.769. The number of nitrogens with zero attached hydrogens (tertiary/aromatic N) is 4. The van der Waals surface area contributed by atoms with Crippen LogP contribution in [0.3, 0.4) is 0 Å². The Morgan fingerprint density at radius 2 is 2.13 bits per heavy atom. The van der Waals surface area contributed by atoms with Gasteiger partial charge in [0.25, 0.3) is 0 Å². The van der Waals surface area contributed by atoms with Gasteiger partial charge in [0.1, 0.15) is 0 Å². The molecule has 2 rings (SSSR count). The molecule has 1 aliphatic rings. The number of carbonyl (C=O) groups excluding carboxylic acids is 2. The van der Waals surface area contributed by atoms with Gasteiger partial charge in [-0.05, 0) is 23.3 Å². The second-order valence-corrected chi connectivity index (χ2v) is 6.23. The van der Waals surface area contributed by atoms with Gasteiger partial charge in [-0.15, -0.1) is 5.10 Å². The maximum atomic E-state index is 11.8. The van der Waals surface area contributed by atoms with Crippen LogP contribution in [0.25, 0.3) is 0 Å². The van der Waals surface area contributed by atoms with Crippen LogP contribution < -0.4 is 10.6 Å². The molecule has 3 amide bonds. The van der Waals surface area contributed by atoms with Crippen LogP contribution in [0.1, 0.15) is 38.1 Å². The van der Waals surface area contributed by atoms with Crippen LogP contribution >= 0.6 is 11.8 Å². The zero-order valence-electron chi connectivity index (χ0n) is 13.2. The number of urea groups is 1. The first-order chi connectivity index (χ1) is 11.2. The molecular formula is C13H22N6O3S. The molecule has 1 aromatic rings. The van der Waals surface area contributed by atoms with Gasteiger partial charge < -0.3 is 10.1 Å². The van der Waals surface area contributed by atoms with E-state index in [1.165, 1.54) is 38.1 Å². The Morgan fingerprint density at radius 3 is 2.87 bits per heavy atom. The lowest BCUT2D eigenvalue weighted by Gasteiger charge is -2.21. The molecule has 0 saturated heterocycles. The molecule has 1 fully saturated rings. The van der Waals surface area contributed by atoms with Gasteiger partial charge in [-0.25, -0.2) is 9.48 Å². The number of aromatic nitrogens is 4. The lowest BCUT2D eigenvalue weighted by Crippen LogP contribution is -2.41. The molecule has 10 heteroatoms. The second kappa shape index (κ2) is 9.46. The number of imide groups is 1. The van der Waals surface area contributed by atoms with E-state index in [1.807, 2.05) is 0 Å². The summed E-state index contributed by atoms with van der Waals surface area (Å²) in [6.07, 6.45) is 5.73. The summed E-state index contributed by atoms with van der Waals surface area (Å²) in [5.74, 6) is -0.298. The Kier molecular flexibility index (Phi) is 7.27. The molecule has 0 atom stereocenters. The number of rotatable bonds is 7. The van der Waals surface area contributed by atoms with Crippen molar-refractivity contribution in [3.63, 3.8) is 0 Å². The number of carbonyl (C=O) groups is 2. The minimum atomic E-state index is -0.528. The van der Waals surface area contributed by atoms with Crippen LogP contribution in [-0.4, -0.2) is 58.2 Å². The first-order valence-corrected chi connectivity index (χ1v) is 8.66. The quantitative estimate of drug-likeness (QED) is 0.555. The van der Waals surface area contributed by atoms with E-state index in [9.17, 15) is 9.59 Å². The Morgan fingerprint density at radius 1 is 1.35 bits per heavy atom. The van der Waals surface area contributed by atoms with Crippen LogP contribution in [0.5, 0.6) is 0 Å². The lowest BCUT2D eigenvalue weighted by molar-refractivity contribution is -0.117. The van der Waals surface area contributed by atoms with E-state index in [0.717, 1.165) is 12.8 Å². The van der Waals surface area contributed by atoms with Crippen LogP contribution in [0.2, 0.25) is 0 Å². The van der Waals surface area contributed by atoms with Crippen molar-refractivity contribution in [3.8, 4) is 0 Å². The van der Waals surface area contributed by atoms with Gasteiger partial charge in [-0.1, -0.05) is 31.0 Å². The highest BCUT2D eigenvalue weighted by Crippen LogP contribution is 2.29. The number of hydrogen-bond donors (Lipinski definition) is 2. The molecule has 1 aliphatic carbocycles. The van der Waals surface area contributed by atoms with Crippen LogP contribution in [0.15, 0.2) is 5.16 Å². The Bertz CT molecular complexity index is 518. The summed E-state index contributed by atoms with van der Waals surface area (Å²) in [6.45, 7) is 0.745. The maximum Gasteiger partial charge on any atom is 0.321 e. The summed E-state index contributed by atoms with van der Waals surface area (Å²) in [6, 6.07) is -0.221. The Labute approximate surface area is 138 Å². The van der Waals surface area contributed by atoms with Gasteiger partial charge in [0.15, 0.2) is 0 Å². The number of tetrazole rings is 1. The highest BCUT2D eigenvalue weighted by atomic mass is 32.2. The smallest absolute Gasteiger partial charge is 0.321 e. The summed E-state index contributed by atoms with van der Waals surface area (Å²) in [5, 5.41) is 17.1. The number of thioether (sulfide) groups is 1. The van der Waals surface area contributed by atoms with E-state index in [-0.39, 0.29) is 11.7 Å². The molecular weight excluding hydrogens is 320 g/mol. The van der Waals surface area contributed by atoms with Gasteiger partial charge in [0, 0.05) is 13.7 Å². The summed E-state index contributed by atoms with van der Waals surface area (Å²) in [7, 11) is 1.54. The van der Waals surface area contributed by atoms with Crippen molar-refractivity contribution in [1.29, 1.82) is 0 Å². The largest absolute Gasteiger partial charge is 0.383 e. The molecule has 1 heterocycles. The Balaban J connectivity index is 1.76. The summed E-state index contributed by atoms with van der Waals surface area (Å²) >= 11 is 1.24. The molecule has 0 bridgehead atoms. The van der Waals surface area contributed by atoms with Crippen LogP contribution in [0.4, 0.5) is 4.79 Å². The highest BCUT2D eigenvalue weighted by Gasteiger charge is 2.21. The number of nitrogens with one attached hydrogen (secondary N) is 2. The van der Waals surface area contributed by atoms with Crippen molar-refractivity contribution in [3.05, 3.63) is 0 Å². The third-order valence-electron chi connectivity index (χ3n) is 3.56. The van der Waals surface area contributed by atoms with Crippen molar-refractivity contribution < 1.29 is 14.3 Å². The molecule has 1 saturated carbocycles. The van der Waals surface area contributed by atoms with E-state index in [2.05, 4.69) is 26.2 Å². The van der Waals surface area contributed by atoms with Gasteiger partial charge in [0.2, 0.25) is 11.1 Å². The normalized spacial score (nSPS) is 15.3. The first kappa shape index (κ1) is 17.7. The number of methoxy groups -OCH3 is 1. The lowest BCUT2D eigenvalue weighted by atomic mass is 9.96. The van der Waals surface area contributed by atoms with E-state index in [0.29, 0.717) is 24.3 Å². The predicted molar refractivity (Wildman–Crippen MR) is 84.1 cm³/mol. The third kappa shape index (κ3) is 5.79. The fourth-order valence-corrected chi connectivity index (χ4v) is 3.18. The SMILES string of the molecule is COCCNC(=O)NC(=O)CSc1nnnn1C1CCCCC1. The first-order valence-electron chi connectivity index (χ1n) is 7.68. The highest BCUT2D eigenvalue weighted by molar-refractivity contribution is 7.99. The predicted octanol–water partition coefficient (Wildman–Crippen LogP) is 0.743. The summed E-state index contributed by atoms with van der Waals surface area (Å²) in [4.78, 5) is 23.2. The molecule has 0 aliphatic heterocycles. The molecule has 2 N–H and O–H groups in total. The standard InChI is InChI=1S/C13H22N6O3S/c1-22-8-7-14-12(21)15-11(20)9-23-13-16-17-18-19(13)10-5-3-2-4-6-10/h10H,2-9H2,1H3,(H2,14,15,20,21). The van der Waals surface area contributed by atoms with E-state index in [1.54, 1.807) is 4.68 Å². The van der Waals surface area contributed by atoms with Crippen LogP contribution in [-0.2, 0) is 9.53 Å². The van der Waals surface area contributed by atoms with Crippen molar-refractivity contribution in [2.75, 3.05) is 26.0 Å². The average Bonchev–Trinajstić information content (AvgIpc) is 3.02. The fourth-order valence-electron chi connectivity index (χ4n) is 2.44. The zero-order valence-corrected chi connectivity index (χ0v) is 14.0. The molecule has 0 aromatic carbocycles. The minimum Gasteiger partial charge on any atom is -0.383 e. The summed E-state index contributed by atoms with van der Waals surface area (Å²) < 4.78 is 6.61. The van der Waals surface area contributed by atoms with E-state index >= 15 is 0 Å². The maximum absolute atomic E-state index is 11.8. The van der Waals surface area contributed by atoms with Gasteiger partial charge >= 0.3 is 6.03 Å². The van der Waals surface area contributed by atoms with Crippen molar-refractivity contribution >= 4 is 23.7 Å². The number of amides is 3. The molecule has 0 spiro atoms. The van der Waals surface area contributed by atoms with E-state index < -0.39 is 6.03 Å². The third-order valence-corrected chi connectivity index (χ3v) is 4.49. The van der Waals surface area contributed by atoms with Gasteiger partial charge in [-0.2, -0.15) is 0 Å². The summed E-state index contributed by atoms with van der Waals surface area (Å²) in [5.41, 5.74) is 0. The van der Waals surface area contributed by atoms with Crippen molar-refractivity contribution in [1.82, 2.24) is 30.8 Å². The second-order valence-electron chi connectivity index (χ2n) is 5.28. The molecule has 0 radical (unpaired) electrons. The molecule has 0 unspecified atom stereocenters. The monoisotopic (exact) mass is 342 g/mol. The van der Waals surface area contributed by atoms with Crippen molar-refractivity contribution in [2.45, 2.75) is 43.3 Å². The van der Waals surface area contributed by atoms with Crippen LogP contribution in [0, 0.1) is 0 Å². The number of ether oxygens (including phenoxy) is 1. The zero-order chi connectivity index (χ0) is 16.5. The van der Waals surface area contributed by atoms with Gasteiger partial charge in [0.05, 0.1) is 18.4 Å². The van der Waals surface area contributed by atoms with E-state index in [4.69, 9.17) is 4.74 Å². The Hall–Kier alpha value is -1.68. The molecule has 1 aromatic heterocycles. The topological polar surface area (TPSA) is 111 Å². The number of hydrogen-bond acceptors (Lipinski definition) is 7. The van der Waals surface area contributed by atoms with Gasteiger partial charge in [-0.3, -0.25) is 10.1 Å².